The van der Waals surface area contributed by atoms with Crippen molar-refractivity contribution in [2.75, 3.05) is 13.1 Å². The van der Waals surface area contributed by atoms with Gasteiger partial charge in [-0.25, -0.2) is 4.98 Å². The molecule has 5 nitrogen and oxygen atoms in total. The minimum atomic E-state index is 0.683. The van der Waals surface area contributed by atoms with Crippen LogP contribution in [0.25, 0.3) is 22.3 Å². The fourth-order valence-electron chi connectivity index (χ4n) is 2.58. The molecule has 0 saturated carbocycles. The average Bonchev–Trinajstić information content (AvgIpc) is 2.97. The molecule has 3 heterocycles. The Labute approximate surface area is 120 Å². The smallest absolute Gasteiger partial charge is 0.187 e. The van der Waals surface area contributed by atoms with Crippen LogP contribution in [0.15, 0.2) is 30.6 Å². The molecule has 0 saturated heterocycles. The number of benzene rings is 1. The first-order valence-electron chi connectivity index (χ1n) is 6.52. The van der Waals surface area contributed by atoms with Gasteiger partial charge in [-0.15, -0.1) is 10.2 Å². The summed E-state index contributed by atoms with van der Waals surface area (Å²) in [6, 6.07) is 5.68. The van der Waals surface area contributed by atoms with Gasteiger partial charge in [0, 0.05) is 11.6 Å². The van der Waals surface area contributed by atoms with Crippen LogP contribution in [0.5, 0.6) is 0 Å². The predicted molar refractivity (Wildman–Crippen MR) is 78.8 cm³/mol. The molecular weight excluding hydrogens is 274 g/mol. The van der Waals surface area contributed by atoms with Crippen LogP contribution in [0.3, 0.4) is 0 Å². The van der Waals surface area contributed by atoms with E-state index in [9.17, 15) is 0 Å². The van der Waals surface area contributed by atoms with Gasteiger partial charge in [-0.05, 0) is 36.7 Å². The van der Waals surface area contributed by atoms with Crippen molar-refractivity contribution in [3.63, 3.8) is 0 Å². The third-order valence-electron chi connectivity index (χ3n) is 3.56. The highest BCUT2D eigenvalue weighted by atomic mass is 35.5. The molecule has 2 aromatic heterocycles. The second kappa shape index (κ2) is 4.54. The van der Waals surface area contributed by atoms with E-state index in [1.165, 1.54) is 5.57 Å². The van der Waals surface area contributed by atoms with Gasteiger partial charge in [0.05, 0.1) is 11.0 Å². The molecule has 1 aliphatic rings. The Bertz CT molecular complexity index is 836. The summed E-state index contributed by atoms with van der Waals surface area (Å²) >= 11 is 6.07. The minimum Gasteiger partial charge on any atom is -0.313 e. The molecule has 4 rings (SSSR count). The summed E-state index contributed by atoms with van der Waals surface area (Å²) in [4.78, 5) is 4.76. The summed E-state index contributed by atoms with van der Waals surface area (Å²) in [5, 5.41) is 12.2. The van der Waals surface area contributed by atoms with Crippen molar-refractivity contribution in [2.45, 2.75) is 6.42 Å². The molecule has 0 amide bonds. The van der Waals surface area contributed by atoms with E-state index in [-0.39, 0.29) is 0 Å². The maximum absolute atomic E-state index is 6.07. The molecule has 0 radical (unpaired) electrons. The maximum atomic E-state index is 6.07. The van der Waals surface area contributed by atoms with Gasteiger partial charge >= 0.3 is 0 Å². The number of rotatable bonds is 1. The van der Waals surface area contributed by atoms with Crippen LogP contribution in [0.2, 0.25) is 5.02 Å². The second-order valence-electron chi connectivity index (χ2n) is 4.80. The van der Waals surface area contributed by atoms with E-state index in [0.29, 0.717) is 5.02 Å². The molecule has 6 heteroatoms. The Morgan fingerprint density at radius 3 is 3.10 bits per heavy atom. The molecule has 0 atom stereocenters. The van der Waals surface area contributed by atoms with Crippen LogP contribution < -0.4 is 5.32 Å². The summed E-state index contributed by atoms with van der Waals surface area (Å²) < 4.78 is 1.95. The number of fused-ring (bicyclic) bond motifs is 3. The number of aromatic nitrogens is 4. The summed E-state index contributed by atoms with van der Waals surface area (Å²) in [6.07, 6.45) is 4.83. The van der Waals surface area contributed by atoms with Crippen molar-refractivity contribution in [3.8, 4) is 0 Å². The standard InChI is InChI=1S/C14H12ClN5/c15-10-1-2-11-12(7-10)20-8-17-19-14(20)13(18-11)9-3-5-16-6-4-9/h1-3,7-8,16H,4-6H2. The van der Waals surface area contributed by atoms with Crippen LogP contribution in [0.1, 0.15) is 12.1 Å². The largest absolute Gasteiger partial charge is 0.313 e. The lowest BCUT2D eigenvalue weighted by atomic mass is 10.1. The van der Waals surface area contributed by atoms with Crippen LogP contribution >= 0.6 is 11.6 Å². The summed E-state index contributed by atoms with van der Waals surface area (Å²) in [7, 11) is 0. The van der Waals surface area contributed by atoms with Gasteiger partial charge in [-0.2, -0.15) is 0 Å². The third kappa shape index (κ3) is 1.78. The Morgan fingerprint density at radius 2 is 2.25 bits per heavy atom. The zero-order chi connectivity index (χ0) is 13.5. The Balaban J connectivity index is 2.06. The van der Waals surface area contributed by atoms with Crippen molar-refractivity contribution in [2.24, 2.45) is 0 Å². The molecule has 20 heavy (non-hydrogen) atoms. The van der Waals surface area contributed by atoms with Crippen LogP contribution in [-0.2, 0) is 0 Å². The van der Waals surface area contributed by atoms with Crippen molar-refractivity contribution >= 4 is 33.9 Å². The van der Waals surface area contributed by atoms with Crippen molar-refractivity contribution in [1.82, 2.24) is 24.9 Å². The number of nitrogens with zero attached hydrogens (tertiary/aromatic N) is 4. The first kappa shape index (κ1) is 11.8. The molecule has 0 aliphatic carbocycles. The Hall–Kier alpha value is -1.98. The summed E-state index contributed by atoms with van der Waals surface area (Å²) in [5.74, 6) is 0. The third-order valence-corrected chi connectivity index (χ3v) is 3.79. The molecule has 1 N–H and O–H groups in total. The van der Waals surface area contributed by atoms with E-state index in [1.54, 1.807) is 6.33 Å². The molecule has 0 spiro atoms. The highest BCUT2D eigenvalue weighted by Gasteiger charge is 2.15. The average molecular weight is 286 g/mol. The minimum absolute atomic E-state index is 0.683. The van der Waals surface area contributed by atoms with E-state index in [1.807, 2.05) is 22.6 Å². The van der Waals surface area contributed by atoms with E-state index < -0.39 is 0 Å². The molecule has 100 valence electrons. The fraction of sp³-hybridized carbons (Fsp3) is 0.214. The first-order chi connectivity index (χ1) is 9.83. The van der Waals surface area contributed by atoms with Gasteiger partial charge in [0.15, 0.2) is 5.65 Å². The van der Waals surface area contributed by atoms with E-state index in [2.05, 4.69) is 21.6 Å². The number of halogens is 1. The predicted octanol–water partition coefficient (Wildman–Crippen LogP) is 2.31. The second-order valence-corrected chi connectivity index (χ2v) is 5.24. The Kier molecular flexibility index (Phi) is 2.68. The molecule has 1 aliphatic heterocycles. The number of hydrogen-bond donors (Lipinski definition) is 1. The molecular formula is C14H12ClN5. The van der Waals surface area contributed by atoms with Gasteiger partial charge in [0.1, 0.15) is 12.0 Å². The highest BCUT2D eigenvalue weighted by molar-refractivity contribution is 6.31. The van der Waals surface area contributed by atoms with Gasteiger partial charge in [0.25, 0.3) is 0 Å². The van der Waals surface area contributed by atoms with Crippen molar-refractivity contribution < 1.29 is 0 Å². The van der Waals surface area contributed by atoms with Crippen molar-refractivity contribution in [1.29, 1.82) is 0 Å². The van der Waals surface area contributed by atoms with Crippen molar-refractivity contribution in [3.05, 3.63) is 41.3 Å². The van der Waals surface area contributed by atoms with E-state index in [4.69, 9.17) is 16.6 Å². The molecule has 0 bridgehead atoms. The first-order valence-corrected chi connectivity index (χ1v) is 6.90. The van der Waals surface area contributed by atoms with E-state index in [0.717, 1.165) is 41.9 Å². The summed E-state index contributed by atoms with van der Waals surface area (Å²) in [6.45, 7) is 1.84. The quantitative estimate of drug-likeness (QED) is 0.745. The highest BCUT2D eigenvalue weighted by Crippen LogP contribution is 2.26. The zero-order valence-electron chi connectivity index (χ0n) is 10.7. The van der Waals surface area contributed by atoms with Gasteiger partial charge in [-0.3, -0.25) is 4.40 Å². The lowest BCUT2D eigenvalue weighted by Gasteiger charge is -2.14. The topological polar surface area (TPSA) is 55.1 Å². The van der Waals surface area contributed by atoms with Gasteiger partial charge in [0.2, 0.25) is 0 Å². The van der Waals surface area contributed by atoms with Crippen LogP contribution in [-0.4, -0.2) is 32.7 Å². The lowest BCUT2D eigenvalue weighted by molar-refractivity contribution is 0.737. The monoisotopic (exact) mass is 285 g/mol. The summed E-state index contributed by atoms with van der Waals surface area (Å²) in [5.41, 5.74) is 4.75. The normalized spacial score (nSPS) is 15.8. The van der Waals surface area contributed by atoms with Gasteiger partial charge in [-0.1, -0.05) is 17.7 Å². The van der Waals surface area contributed by atoms with Crippen LogP contribution in [0.4, 0.5) is 0 Å². The fourth-order valence-corrected chi connectivity index (χ4v) is 2.75. The van der Waals surface area contributed by atoms with E-state index >= 15 is 0 Å². The maximum Gasteiger partial charge on any atom is 0.187 e. The number of nitrogens with one attached hydrogen (secondary N) is 1. The molecule has 1 aromatic carbocycles. The zero-order valence-corrected chi connectivity index (χ0v) is 11.4. The SMILES string of the molecule is Clc1ccc2nc(C3=CCNCC3)c3nncn3c2c1. The molecule has 0 unspecified atom stereocenters. The molecule has 0 fully saturated rings. The lowest BCUT2D eigenvalue weighted by Crippen LogP contribution is -2.20. The Morgan fingerprint density at radius 1 is 1.30 bits per heavy atom. The number of hydrogen-bond acceptors (Lipinski definition) is 4. The van der Waals surface area contributed by atoms with Crippen LogP contribution in [0, 0.1) is 0 Å². The van der Waals surface area contributed by atoms with Gasteiger partial charge < -0.3 is 5.32 Å². The molecule has 3 aromatic rings.